The highest BCUT2D eigenvalue weighted by Gasteiger charge is 2.39. The van der Waals surface area contributed by atoms with E-state index in [4.69, 9.17) is 4.74 Å². The molecule has 4 rings (SSSR count). The van der Waals surface area contributed by atoms with Crippen LogP contribution in [0.2, 0.25) is 0 Å². The van der Waals surface area contributed by atoms with Crippen LogP contribution < -0.4 is 15.0 Å². The SMILES string of the molecule is CCOc1cccc(CNC(=O)C[C@H]2c3ncccc3C(=O)N2c2cccc(C)c2)c1. The van der Waals surface area contributed by atoms with E-state index in [0.29, 0.717) is 24.4 Å². The molecular formula is C25H25N3O3. The summed E-state index contributed by atoms with van der Waals surface area (Å²) in [7, 11) is 0. The van der Waals surface area contributed by atoms with E-state index in [1.807, 2.05) is 62.4 Å². The van der Waals surface area contributed by atoms with Gasteiger partial charge in [-0.2, -0.15) is 0 Å². The first-order chi connectivity index (χ1) is 15.1. The molecule has 1 N–H and O–H groups in total. The molecule has 0 bridgehead atoms. The summed E-state index contributed by atoms with van der Waals surface area (Å²) in [5, 5.41) is 2.96. The van der Waals surface area contributed by atoms with Gasteiger partial charge in [0.15, 0.2) is 0 Å². The number of aromatic nitrogens is 1. The molecule has 158 valence electrons. The van der Waals surface area contributed by atoms with Gasteiger partial charge >= 0.3 is 0 Å². The molecule has 0 saturated carbocycles. The molecule has 3 aromatic rings. The summed E-state index contributed by atoms with van der Waals surface area (Å²) >= 11 is 0. The molecule has 0 spiro atoms. The molecule has 1 aliphatic heterocycles. The number of hydrogen-bond acceptors (Lipinski definition) is 4. The minimum Gasteiger partial charge on any atom is -0.494 e. The molecule has 2 amide bonds. The van der Waals surface area contributed by atoms with Gasteiger partial charge in [-0.3, -0.25) is 19.5 Å². The van der Waals surface area contributed by atoms with Crippen molar-refractivity contribution >= 4 is 17.5 Å². The van der Waals surface area contributed by atoms with E-state index < -0.39 is 6.04 Å². The zero-order chi connectivity index (χ0) is 21.8. The smallest absolute Gasteiger partial charge is 0.260 e. The number of anilines is 1. The monoisotopic (exact) mass is 415 g/mol. The number of ether oxygens (including phenoxy) is 1. The zero-order valence-electron chi connectivity index (χ0n) is 17.7. The molecule has 2 heterocycles. The lowest BCUT2D eigenvalue weighted by Gasteiger charge is -2.25. The quantitative estimate of drug-likeness (QED) is 0.628. The molecule has 0 fully saturated rings. The van der Waals surface area contributed by atoms with Gasteiger partial charge in [0, 0.05) is 18.4 Å². The van der Waals surface area contributed by atoms with Crippen LogP contribution in [0.3, 0.4) is 0 Å². The standard InChI is InChI=1S/C25H25N3O3/c1-3-31-20-10-5-8-18(14-20)16-27-23(29)15-22-24-21(11-6-12-26-24)25(30)28(22)19-9-4-7-17(2)13-19/h4-14,22H,3,15-16H2,1-2H3,(H,27,29)/t22-/m0/s1. The zero-order valence-corrected chi connectivity index (χ0v) is 17.7. The Morgan fingerprint density at radius 2 is 1.97 bits per heavy atom. The molecule has 6 nitrogen and oxygen atoms in total. The van der Waals surface area contributed by atoms with E-state index in [-0.39, 0.29) is 18.2 Å². The van der Waals surface area contributed by atoms with Gasteiger partial charge in [-0.15, -0.1) is 0 Å². The van der Waals surface area contributed by atoms with E-state index in [1.54, 1.807) is 23.2 Å². The summed E-state index contributed by atoms with van der Waals surface area (Å²) in [6.45, 7) is 4.89. The first-order valence-corrected chi connectivity index (χ1v) is 10.4. The maximum absolute atomic E-state index is 13.1. The summed E-state index contributed by atoms with van der Waals surface area (Å²) in [5.74, 6) is 0.506. The Hall–Kier alpha value is -3.67. The minimum absolute atomic E-state index is 0.129. The van der Waals surface area contributed by atoms with Gasteiger partial charge in [-0.05, 0) is 61.4 Å². The van der Waals surface area contributed by atoms with Crippen molar-refractivity contribution in [3.05, 3.63) is 89.2 Å². The molecule has 1 aromatic heterocycles. The third kappa shape index (κ3) is 4.43. The Morgan fingerprint density at radius 3 is 2.77 bits per heavy atom. The van der Waals surface area contributed by atoms with Crippen molar-refractivity contribution in [1.29, 1.82) is 0 Å². The highest BCUT2D eigenvalue weighted by atomic mass is 16.5. The van der Waals surface area contributed by atoms with Crippen molar-refractivity contribution in [3.63, 3.8) is 0 Å². The van der Waals surface area contributed by atoms with Gasteiger partial charge in [-0.1, -0.05) is 24.3 Å². The second-order valence-corrected chi connectivity index (χ2v) is 7.53. The third-order valence-corrected chi connectivity index (χ3v) is 5.27. The highest BCUT2D eigenvalue weighted by Crippen LogP contribution is 2.38. The number of aryl methyl sites for hydroxylation is 1. The van der Waals surface area contributed by atoms with Gasteiger partial charge in [0.2, 0.25) is 5.91 Å². The van der Waals surface area contributed by atoms with Gasteiger partial charge < -0.3 is 10.1 Å². The Labute approximate surface area is 181 Å². The fourth-order valence-corrected chi connectivity index (χ4v) is 3.88. The molecule has 2 aromatic carbocycles. The number of carbonyl (C=O) groups is 2. The number of nitrogens with zero attached hydrogens (tertiary/aromatic N) is 2. The number of pyridine rings is 1. The van der Waals surface area contributed by atoms with E-state index >= 15 is 0 Å². The summed E-state index contributed by atoms with van der Waals surface area (Å²) in [6.07, 6.45) is 1.80. The van der Waals surface area contributed by atoms with E-state index in [2.05, 4.69) is 10.3 Å². The molecular weight excluding hydrogens is 390 g/mol. The Morgan fingerprint density at radius 1 is 1.13 bits per heavy atom. The molecule has 0 aliphatic carbocycles. The number of carbonyl (C=O) groups excluding carboxylic acids is 2. The molecule has 0 unspecified atom stereocenters. The molecule has 1 aliphatic rings. The van der Waals surface area contributed by atoms with Crippen molar-refractivity contribution in [3.8, 4) is 5.75 Å². The average molecular weight is 415 g/mol. The number of rotatable bonds is 7. The first-order valence-electron chi connectivity index (χ1n) is 10.4. The summed E-state index contributed by atoms with van der Waals surface area (Å²) in [4.78, 5) is 32.1. The number of hydrogen-bond donors (Lipinski definition) is 1. The van der Waals surface area contributed by atoms with Crippen LogP contribution in [0.5, 0.6) is 5.75 Å². The van der Waals surface area contributed by atoms with E-state index in [9.17, 15) is 9.59 Å². The number of benzene rings is 2. The summed E-state index contributed by atoms with van der Waals surface area (Å²) < 4.78 is 5.52. The second kappa shape index (κ2) is 9.00. The van der Waals surface area contributed by atoms with E-state index in [0.717, 1.165) is 22.6 Å². The fraction of sp³-hybridized carbons (Fsp3) is 0.240. The predicted octanol–water partition coefficient (Wildman–Crippen LogP) is 4.20. The Bertz CT molecular complexity index is 1110. The van der Waals surface area contributed by atoms with Crippen molar-refractivity contribution < 1.29 is 14.3 Å². The third-order valence-electron chi connectivity index (χ3n) is 5.27. The molecule has 31 heavy (non-hydrogen) atoms. The molecule has 1 atom stereocenters. The molecule has 0 radical (unpaired) electrons. The van der Waals surface area contributed by atoms with Gasteiger partial charge in [0.05, 0.1) is 30.3 Å². The minimum atomic E-state index is -0.444. The van der Waals surface area contributed by atoms with Crippen LogP contribution in [0.4, 0.5) is 5.69 Å². The summed E-state index contributed by atoms with van der Waals surface area (Å²) in [5.41, 5.74) is 3.96. The van der Waals surface area contributed by atoms with Crippen LogP contribution >= 0.6 is 0 Å². The van der Waals surface area contributed by atoms with Gasteiger partial charge in [0.25, 0.3) is 5.91 Å². The van der Waals surface area contributed by atoms with Crippen LogP contribution in [0.15, 0.2) is 66.9 Å². The largest absolute Gasteiger partial charge is 0.494 e. The lowest BCUT2D eigenvalue weighted by molar-refractivity contribution is -0.121. The normalized spacial score (nSPS) is 15.0. The number of nitrogens with one attached hydrogen (secondary N) is 1. The van der Waals surface area contributed by atoms with Crippen LogP contribution in [0.25, 0.3) is 0 Å². The van der Waals surface area contributed by atoms with Gasteiger partial charge in [-0.25, -0.2) is 0 Å². The Kier molecular flexibility index (Phi) is 5.98. The maximum Gasteiger partial charge on any atom is 0.260 e. The molecule has 6 heteroatoms. The van der Waals surface area contributed by atoms with Crippen LogP contribution in [0, 0.1) is 6.92 Å². The van der Waals surface area contributed by atoms with Crippen LogP contribution in [-0.2, 0) is 11.3 Å². The number of amides is 2. The lowest BCUT2D eigenvalue weighted by atomic mass is 10.1. The first kappa shape index (κ1) is 20.6. The van der Waals surface area contributed by atoms with Crippen LogP contribution in [-0.4, -0.2) is 23.4 Å². The average Bonchev–Trinajstić information content (AvgIpc) is 3.05. The summed E-state index contributed by atoms with van der Waals surface area (Å²) in [6, 6.07) is 18.5. The van der Waals surface area contributed by atoms with Crippen LogP contribution in [0.1, 0.15) is 46.6 Å². The predicted molar refractivity (Wildman–Crippen MR) is 119 cm³/mol. The van der Waals surface area contributed by atoms with Crippen molar-refractivity contribution in [1.82, 2.24) is 10.3 Å². The lowest BCUT2D eigenvalue weighted by Crippen LogP contribution is -2.33. The van der Waals surface area contributed by atoms with Crippen molar-refractivity contribution in [2.45, 2.75) is 32.9 Å². The van der Waals surface area contributed by atoms with Gasteiger partial charge in [0.1, 0.15) is 5.75 Å². The number of fused-ring (bicyclic) bond motifs is 1. The van der Waals surface area contributed by atoms with Crippen molar-refractivity contribution in [2.24, 2.45) is 0 Å². The fourth-order valence-electron chi connectivity index (χ4n) is 3.88. The highest BCUT2D eigenvalue weighted by molar-refractivity contribution is 6.11. The molecule has 0 saturated heterocycles. The topological polar surface area (TPSA) is 71.5 Å². The Balaban J connectivity index is 1.52. The van der Waals surface area contributed by atoms with E-state index in [1.165, 1.54) is 0 Å². The maximum atomic E-state index is 13.1. The van der Waals surface area contributed by atoms with Crippen molar-refractivity contribution in [2.75, 3.05) is 11.5 Å². The second-order valence-electron chi connectivity index (χ2n) is 7.53.